The van der Waals surface area contributed by atoms with Crippen LogP contribution in [-0.2, 0) is 97.8 Å². The lowest BCUT2D eigenvalue weighted by Gasteiger charge is -2.45. The van der Waals surface area contributed by atoms with Crippen molar-refractivity contribution in [3.8, 4) is 11.4 Å². The number of ketones is 3. The average molecular weight is 1940 g/mol. The number of ether oxygens (including phenoxy) is 5. The Hall–Kier alpha value is -11.0. The van der Waals surface area contributed by atoms with Crippen LogP contribution in [0.15, 0.2) is 110 Å². The lowest BCUT2D eigenvalue weighted by atomic mass is 9.67. The van der Waals surface area contributed by atoms with E-state index in [4.69, 9.17) is 30.0 Å². The predicted octanol–water partition coefficient (Wildman–Crippen LogP) is 14.3. The Labute approximate surface area is 804 Å². The number of hydrogen-bond donors (Lipinski definition) is 5. The van der Waals surface area contributed by atoms with Gasteiger partial charge in [0, 0.05) is 151 Å². The van der Waals surface area contributed by atoms with Crippen molar-refractivity contribution in [2.45, 2.75) is 240 Å². The highest BCUT2D eigenvalue weighted by Crippen LogP contribution is 2.42. The van der Waals surface area contributed by atoms with Crippen LogP contribution in [0.5, 0.6) is 0 Å². The first-order chi connectivity index (χ1) is 62.7. The maximum absolute atomic E-state index is 14.3. The number of aryl methyl sites for hydroxylation is 2. The number of rotatable bonds is 22. The fourth-order valence-electron chi connectivity index (χ4n) is 15.6. The van der Waals surface area contributed by atoms with Crippen molar-refractivity contribution in [1.29, 1.82) is 0 Å². The maximum atomic E-state index is 14.3. The number of benzene rings is 3. The van der Waals surface area contributed by atoms with E-state index in [1.165, 1.54) is 97.2 Å². The van der Waals surface area contributed by atoms with Gasteiger partial charge in [0.2, 0.25) is 11.8 Å². The number of carbonyl (C=O) groups excluding carboxylic acids is 10. The summed E-state index contributed by atoms with van der Waals surface area (Å²) < 4.78 is 107. The van der Waals surface area contributed by atoms with Gasteiger partial charge in [-0.25, -0.2) is 56.1 Å². The van der Waals surface area contributed by atoms with Crippen LogP contribution in [0.2, 0.25) is 0 Å². The average Bonchev–Trinajstić information content (AvgIpc) is 1.08. The number of alkyl halides is 6. The minimum absolute atomic E-state index is 0. The number of carbonyl (C=O) groups is 11. The molecule has 0 saturated carbocycles. The number of hydrogen-bond acceptors (Lipinski definition) is 26. The summed E-state index contributed by atoms with van der Waals surface area (Å²) in [5, 5.41) is 16.9. The number of imidazole rings is 1. The number of nitrogens with two attached hydrogens (primary N) is 1. The number of anilines is 1. The predicted molar refractivity (Wildman–Crippen MR) is 513 cm³/mol. The Balaban J connectivity index is 0.000000820. The molecule has 5 aliphatic heterocycles. The van der Waals surface area contributed by atoms with E-state index >= 15 is 0 Å². The molecule has 0 aliphatic carbocycles. The lowest BCUT2D eigenvalue weighted by Crippen LogP contribution is -2.63. The molecule has 0 radical (unpaired) electrons. The number of carboxylic acid groups (broad SMARTS) is 1. The monoisotopic (exact) mass is 1940 g/mol. The summed E-state index contributed by atoms with van der Waals surface area (Å²) in [6.07, 6.45) is 4.96. The number of aliphatic carboxylic acids is 1. The molecule has 3 amide bonds. The van der Waals surface area contributed by atoms with E-state index in [0.717, 1.165) is 37.2 Å². The molecule has 3 aromatic carbocycles. The molecule has 32 nitrogen and oxygen atoms in total. The Morgan fingerprint density at radius 3 is 1.30 bits per heavy atom. The summed E-state index contributed by atoms with van der Waals surface area (Å²) >= 11 is 0. The van der Waals surface area contributed by atoms with Gasteiger partial charge >= 0.3 is 35.9 Å². The third kappa shape index (κ3) is 36.4. The van der Waals surface area contributed by atoms with Crippen LogP contribution in [0.1, 0.15) is 194 Å². The molecule has 768 valence electrons. The van der Waals surface area contributed by atoms with Gasteiger partial charge in [0.1, 0.15) is 65.1 Å². The second kappa shape index (κ2) is 57.4. The highest BCUT2D eigenvalue weighted by Gasteiger charge is 2.60. The van der Waals surface area contributed by atoms with Crippen molar-refractivity contribution >= 4 is 82.1 Å². The van der Waals surface area contributed by atoms with E-state index in [9.17, 15) is 79.1 Å². The van der Waals surface area contributed by atoms with Crippen LogP contribution >= 0.6 is 0 Å². The summed E-state index contributed by atoms with van der Waals surface area (Å²) in [4.78, 5) is 158. The van der Waals surface area contributed by atoms with Gasteiger partial charge in [-0.2, -0.15) is 0 Å². The Morgan fingerprint density at radius 1 is 0.562 bits per heavy atom. The number of nitrogens with one attached hydrogen (secondary N) is 3. The molecule has 38 heteroatoms. The molecule has 0 bridgehead atoms. The van der Waals surface area contributed by atoms with Gasteiger partial charge in [-0.05, 0) is 84.4 Å². The molecule has 2 unspecified atom stereocenters. The van der Waals surface area contributed by atoms with Crippen LogP contribution < -0.4 is 21.7 Å². The van der Waals surface area contributed by atoms with E-state index in [1.54, 1.807) is 60.9 Å². The van der Waals surface area contributed by atoms with Gasteiger partial charge in [0.05, 0.1) is 39.9 Å². The molecule has 11 rings (SSSR count). The molecule has 3 aromatic heterocycles. The Kier molecular flexibility index (Phi) is 52.0. The smallest absolute Gasteiger partial charge is 0.408 e. The van der Waals surface area contributed by atoms with Crippen molar-refractivity contribution < 1.29 is 113 Å². The Bertz CT molecular complexity index is 4670. The molecular weight excluding hydrogens is 1790 g/mol. The number of methoxy groups -OCH3 is 4. The van der Waals surface area contributed by atoms with Gasteiger partial charge in [0.25, 0.3) is 17.8 Å². The van der Waals surface area contributed by atoms with Crippen molar-refractivity contribution in [2.75, 3.05) is 99.2 Å². The van der Waals surface area contributed by atoms with Crippen LogP contribution in [0.4, 0.5) is 37.0 Å². The van der Waals surface area contributed by atoms with Crippen LogP contribution in [0.25, 0.3) is 22.6 Å². The molecular formula is C99H152F6N14O18. The van der Waals surface area contributed by atoms with Gasteiger partial charge in [-0.15, -0.1) is 0 Å². The number of fused-ring (bicyclic) bond motifs is 1. The van der Waals surface area contributed by atoms with Gasteiger partial charge in [-0.1, -0.05) is 189 Å². The summed E-state index contributed by atoms with van der Waals surface area (Å²) in [5.41, 5.74) is 7.31. The van der Waals surface area contributed by atoms with E-state index in [2.05, 4.69) is 74.5 Å². The minimum Gasteiger partial charge on any atom is -0.481 e. The zero-order valence-corrected chi connectivity index (χ0v) is 82.5. The number of carboxylic acids is 1. The van der Waals surface area contributed by atoms with E-state index in [1.807, 2.05) is 118 Å². The first-order valence-electron chi connectivity index (χ1n) is 45.3. The van der Waals surface area contributed by atoms with Gasteiger partial charge in [0.15, 0.2) is 28.5 Å². The number of esters is 4. The highest BCUT2D eigenvalue weighted by molar-refractivity contribution is 6.15. The number of aromatic nitrogens is 6. The molecule has 6 aromatic rings. The van der Waals surface area contributed by atoms with E-state index in [-0.39, 0.29) is 102 Å². The molecule has 5 saturated heterocycles. The third-order valence-corrected chi connectivity index (χ3v) is 23.9. The SMILES string of the molecule is C.C.CC[C@H](C)C(=O)O.CC[C@H](NC(=O)OC(C)(C)C)C(=O)N1C[C@@H](C)C(F)(F)[C@@H](C)C1.CC[C@H](Nc1ncnc2c1nc(-c1cnc(C)nc1)n2CC)C(=O)N1C[C@@H](C)C(F)(F)[C@@H](C)C1.COC(=O)C1(C)CN(Cc2ccccc2)CC(C)(C(=O)OC)C1=O.COC(=O)CC(=O)CC(=O)OC.C[C@@H]1CN(Cc2ccccc2)C[C@H](C)C1=O.C[C@@H]1CNC[C@H](C)C1(F)F.NCc1ccccc1.O. The highest BCUT2D eigenvalue weighted by atomic mass is 19.3. The minimum atomic E-state index is -2.78. The molecule has 13 atom stereocenters. The standard InChI is InChI=1S/C23H30F2N8O.C18H23NO5.C16H28F2N2O3.C14H19NO.C7H13F2N.C7H9N.C7H10O5.C5H10O2.2CH4.H2O/c1-6-17(22(34)32-10-13(3)23(24,25)14(4)11-32)30-19-18-21(29-12-28-19)33(7-2)20(31-18)16-8-26-15(5)27-9-16;1-17(15(21)23-3)11-19(10-13-8-6-5-7-9-13)12-18(2,14(17)20)16(22)24-4;1-7-12(19-14(22)23-15(4,5)6)13(21)20-8-10(2)16(17,18)11(3)9-20;1-11-8-15(9-12(2)14(11)16)10-13-6-4-3-5-7-13;1-5-3-10-4-6(2)7(5,8)9;8-6-7-4-2-1-3-5-7;1-11-6(9)3-5(8)4-7(10)12-2;1-3-4(2)5(6)7;;;/h8-9,12-14,17H,6-7,10-11H2,1-5H3,(H,28,29,30);5-9H,10-12H2,1-4H3;10-12H,7-9H2,1-6H3,(H,19,22);3-7,11-12H,8-10H2,1-2H3;5-6,10H,3-4H2,1-2H3;1-5H,6,8H2;3-4H2,1-2H3;4H,3H2,1-2H3,(H,6,7);2*1H4;1H2/t13-,14+,17-;;10-,11+,12-;11-,12+;5-,6+;;;4-;;;/m0.0....0.../s1. The van der Waals surface area contributed by atoms with Crippen LogP contribution in [0.3, 0.4) is 0 Å². The quantitative estimate of drug-likeness (QED) is 0.0182. The van der Waals surface area contributed by atoms with Crippen molar-refractivity contribution in [3.05, 3.63) is 132 Å². The molecule has 0 spiro atoms. The first-order valence-corrected chi connectivity index (χ1v) is 45.3. The second-order valence-electron chi connectivity index (χ2n) is 36.3. The van der Waals surface area contributed by atoms with Gasteiger partial charge in [-0.3, -0.25) is 57.7 Å². The fourth-order valence-corrected chi connectivity index (χ4v) is 15.6. The van der Waals surface area contributed by atoms with Crippen molar-refractivity contribution in [3.63, 3.8) is 0 Å². The summed E-state index contributed by atoms with van der Waals surface area (Å²) in [6.45, 7) is 38.2. The molecule has 5 fully saturated rings. The number of piperidine rings is 5. The molecule has 137 heavy (non-hydrogen) atoms. The summed E-state index contributed by atoms with van der Waals surface area (Å²) in [7, 11) is 4.83. The lowest BCUT2D eigenvalue weighted by molar-refractivity contribution is -0.175. The maximum Gasteiger partial charge on any atom is 0.408 e. The normalized spacial score (nSPS) is 22.4. The topological polar surface area (TPSA) is 430 Å². The number of nitrogens with zero attached hydrogens (tertiary/aromatic N) is 10. The zero-order chi connectivity index (χ0) is 101. The van der Waals surface area contributed by atoms with Crippen LogP contribution in [-0.4, -0.2) is 254 Å². The fraction of sp³-hybridized carbons (Fsp3) is 0.616. The van der Waals surface area contributed by atoms with Crippen LogP contribution in [0, 0.1) is 71.0 Å². The number of halogens is 6. The first kappa shape index (κ1) is 124. The number of Topliss-reactive ketones (excluding diaryl/α,β-unsaturated/α-hetero) is 3. The second-order valence-corrected chi connectivity index (χ2v) is 36.3. The molecule has 8 heterocycles. The van der Waals surface area contributed by atoms with Crippen molar-refractivity contribution in [2.24, 2.45) is 69.8 Å². The van der Waals surface area contributed by atoms with E-state index < -0.39 is 129 Å². The largest absolute Gasteiger partial charge is 0.481 e. The number of amides is 3. The summed E-state index contributed by atoms with van der Waals surface area (Å²) in [5.74, 6) is -15.1. The zero-order valence-electron chi connectivity index (χ0n) is 82.5. The van der Waals surface area contributed by atoms with Gasteiger partial charge < -0.3 is 70.3 Å². The van der Waals surface area contributed by atoms with Crippen molar-refractivity contribution in [1.82, 2.24) is 59.7 Å². The molecule has 5 aliphatic rings. The molecule has 8 N–H and O–H groups in total. The number of alkyl carbamates (subject to hydrolysis) is 1. The number of likely N-dealkylation sites (tertiary alicyclic amines) is 4. The Morgan fingerprint density at radius 2 is 0.956 bits per heavy atom. The summed E-state index contributed by atoms with van der Waals surface area (Å²) in [6, 6.07) is 28.7. The van der Waals surface area contributed by atoms with E-state index in [0.29, 0.717) is 80.0 Å². The third-order valence-electron chi connectivity index (χ3n) is 23.9.